The van der Waals surface area contributed by atoms with E-state index in [0.717, 1.165) is 5.56 Å². The van der Waals surface area contributed by atoms with Crippen molar-refractivity contribution < 1.29 is 19.5 Å². The largest absolute Gasteiger partial charge is 0.478 e. The zero-order chi connectivity index (χ0) is 23.5. The number of carbonyl (C=O) groups excluding carboxylic acids is 2. The molecule has 0 unspecified atom stereocenters. The molecule has 0 spiro atoms. The second kappa shape index (κ2) is 8.77. The van der Waals surface area contributed by atoms with Crippen molar-refractivity contribution in [3.63, 3.8) is 0 Å². The number of carboxylic acids is 1. The van der Waals surface area contributed by atoms with Crippen LogP contribution in [0, 0.1) is 18.8 Å². The number of amides is 1. The first-order valence-electron chi connectivity index (χ1n) is 9.95. The number of carbonyl (C=O) groups is 3. The molecule has 0 bridgehead atoms. The van der Waals surface area contributed by atoms with Crippen LogP contribution in [0.5, 0.6) is 0 Å². The molecule has 4 aromatic rings. The van der Waals surface area contributed by atoms with E-state index in [4.69, 9.17) is 0 Å². The molecular formula is C25H18N4O4. The third kappa shape index (κ3) is 4.48. The highest BCUT2D eigenvalue weighted by Crippen LogP contribution is 2.17. The lowest BCUT2D eigenvalue weighted by atomic mass is 10.1. The number of nitrogens with zero attached hydrogens (tertiary/aromatic N) is 3. The molecule has 0 saturated carbocycles. The number of Topliss-reactive ketones (excluding diaryl/α,β-unsaturated/α-hetero) is 1. The third-order valence-corrected chi connectivity index (χ3v) is 5.00. The van der Waals surface area contributed by atoms with E-state index in [1.54, 1.807) is 48.7 Å². The standard InChI is InChI=1S/C25H18N4O4/c1-15-8-10-20(26-24(31)19-6-3-5-18(13-19)16(2)30)14-17(15)9-11-22-27-28-23-21(25(32)33)7-4-12-29(22)23/h3-8,10,12-14H,1-2H3,(H,26,31)(H,32,33). The van der Waals surface area contributed by atoms with Gasteiger partial charge in [-0.15, -0.1) is 10.2 Å². The predicted octanol–water partition coefficient (Wildman–Crippen LogP) is 3.59. The average molecular weight is 438 g/mol. The lowest BCUT2D eigenvalue weighted by molar-refractivity contribution is 0.0697. The van der Waals surface area contributed by atoms with Gasteiger partial charge < -0.3 is 10.4 Å². The second-order valence-electron chi connectivity index (χ2n) is 7.32. The summed E-state index contributed by atoms with van der Waals surface area (Å²) in [5, 5.41) is 20.0. The van der Waals surface area contributed by atoms with E-state index in [-0.39, 0.29) is 22.9 Å². The van der Waals surface area contributed by atoms with E-state index in [9.17, 15) is 19.5 Å². The molecule has 33 heavy (non-hydrogen) atoms. The summed E-state index contributed by atoms with van der Waals surface area (Å²) in [6.45, 7) is 3.33. The van der Waals surface area contributed by atoms with E-state index < -0.39 is 5.97 Å². The molecule has 0 saturated heterocycles. The van der Waals surface area contributed by atoms with Crippen molar-refractivity contribution in [1.29, 1.82) is 0 Å². The molecule has 0 aliphatic rings. The summed E-state index contributed by atoms with van der Waals surface area (Å²) in [6.07, 6.45) is 1.64. The van der Waals surface area contributed by atoms with Crippen molar-refractivity contribution in [2.75, 3.05) is 5.32 Å². The molecule has 0 fully saturated rings. The number of ketones is 1. The number of aryl methyl sites for hydroxylation is 1. The molecular weight excluding hydrogens is 420 g/mol. The van der Waals surface area contributed by atoms with Gasteiger partial charge in [0, 0.05) is 28.6 Å². The second-order valence-corrected chi connectivity index (χ2v) is 7.32. The molecule has 1 amide bonds. The average Bonchev–Trinajstić information content (AvgIpc) is 3.22. The number of aromatic nitrogens is 3. The fourth-order valence-electron chi connectivity index (χ4n) is 3.21. The summed E-state index contributed by atoms with van der Waals surface area (Å²) in [5.74, 6) is 4.68. The number of rotatable bonds is 4. The molecule has 2 heterocycles. The van der Waals surface area contributed by atoms with Crippen molar-refractivity contribution in [1.82, 2.24) is 14.6 Å². The SMILES string of the molecule is CC(=O)c1cccc(C(=O)Nc2ccc(C)c(C#Cc3nnc4c(C(=O)O)cccn34)c2)c1. The Morgan fingerprint density at radius 1 is 0.970 bits per heavy atom. The maximum absolute atomic E-state index is 12.6. The molecule has 0 atom stereocenters. The lowest BCUT2D eigenvalue weighted by Crippen LogP contribution is -2.12. The molecule has 0 aliphatic carbocycles. The van der Waals surface area contributed by atoms with E-state index in [0.29, 0.717) is 28.2 Å². The quantitative estimate of drug-likeness (QED) is 0.372. The summed E-state index contributed by atoms with van der Waals surface area (Å²) in [5.41, 5.74) is 3.18. The van der Waals surface area contributed by atoms with Crippen molar-refractivity contribution in [3.05, 3.63) is 94.4 Å². The van der Waals surface area contributed by atoms with Crippen LogP contribution in [0.25, 0.3) is 5.65 Å². The summed E-state index contributed by atoms with van der Waals surface area (Å²) < 4.78 is 1.51. The highest BCUT2D eigenvalue weighted by atomic mass is 16.4. The summed E-state index contributed by atoms with van der Waals surface area (Å²) in [4.78, 5) is 35.6. The first-order valence-corrected chi connectivity index (χ1v) is 9.95. The third-order valence-electron chi connectivity index (χ3n) is 5.00. The number of hydrogen-bond donors (Lipinski definition) is 2. The minimum atomic E-state index is -1.10. The van der Waals surface area contributed by atoms with Crippen molar-refractivity contribution >= 4 is 29.0 Å². The Labute approximate surface area is 188 Å². The Balaban J connectivity index is 1.61. The highest BCUT2D eigenvalue weighted by molar-refractivity contribution is 6.06. The van der Waals surface area contributed by atoms with E-state index in [1.807, 2.05) is 13.0 Å². The van der Waals surface area contributed by atoms with Gasteiger partial charge in [-0.25, -0.2) is 4.79 Å². The molecule has 8 nitrogen and oxygen atoms in total. The Kier molecular flexibility index (Phi) is 5.70. The normalized spacial score (nSPS) is 10.4. The minimum absolute atomic E-state index is 0.0350. The lowest BCUT2D eigenvalue weighted by Gasteiger charge is -2.08. The van der Waals surface area contributed by atoms with Gasteiger partial charge >= 0.3 is 5.97 Å². The number of benzene rings is 2. The van der Waals surface area contributed by atoms with Gasteiger partial charge in [-0.3, -0.25) is 14.0 Å². The molecule has 2 N–H and O–H groups in total. The Morgan fingerprint density at radius 2 is 1.76 bits per heavy atom. The monoisotopic (exact) mass is 438 g/mol. The number of anilines is 1. The van der Waals surface area contributed by atoms with Gasteiger partial charge in [0.1, 0.15) is 5.56 Å². The zero-order valence-electron chi connectivity index (χ0n) is 17.8. The molecule has 0 radical (unpaired) electrons. The summed E-state index contributed by atoms with van der Waals surface area (Å²) >= 11 is 0. The molecule has 0 aliphatic heterocycles. The van der Waals surface area contributed by atoms with Crippen LogP contribution in [0.2, 0.25) is 0 Å². The molecule has 4 rings (SSSR count). The highest BCUT2D eigenvalue weighted by Gasteiger charge is 2.13. The summed E-state index contributed by atoms with van der Waals surface area (Å²) in [7, 11) is 0. The number of aromatic carboxylic acids is 1. The number of carboxylic acid groups (broad SMARTS) is 1. The van der Waals surface area contributed by atoms with Crippen LogP contribution >= 0.6 is 0 Å². The predicted molar refractivity (Wildman–Crippen MR) is 122 cm³/mol. The van der Waals surface area contributed by atoms with Crippen LogP contribution in [-0.4, -0.2) is 37.4 Å². The minimum Gasteiger partial charge on any atom is -0.478 e. The molecule has 2 aromatic carbocycles. The maximum Gasteiger partial charge on any atom is 0.339 e. The first kappa shape index (κ1) is 21.5. The summed E-state index contributed by atoms with van der Waals surface area (Å²) in [6, 6.07) is 14.9. The fourth-order valence-corrected chi connectivity index (χ4v) is 3.21. The fraction of sp³-hybridized carbons (Fsp3) is 0.0800. The van der Waals surface area contributed by atoms with Gasteiger partial charge in [-0.05, 0) is 61.7 Å². The number of nitrogens with one attached hydrogen (secondary N) is 1. The van der Waals surface area contributed by atoms with Crippen LogP contribution in [0.15, 0.2) is 60.8 Å². The Morgan fingerprint density at radius 3 is 2.52 bits per heavy atom. The van der Waals surface area contributed by atoms with Gasteiger partial charge in [0.15, 0.2) is 11.4 Å². The van der Waals surface area contributed by atoms with E-state index in [1.165, 1.54) is 17.4 Å². The van der Waals surface area contributed by atoms with Crippen LogP contribution in [0.4, 0.5) is 5.69 Å². The van der Waals surface area contributed by atoms with Crippen LogP contribution in [-0.2, 0) is 0 Å². The van der Waals surface area contributed by atoms with Gasteiger partial charge in [0.2, 0.25) is 5.82 Å². The van der Waals surface area contributed by atoms with Crippen molar-refractivity contribution in [2.45, 2.75) is 13.8 Å². The molecule has 8 heteroatoms. The topological polar surface area (TPSA) is 114 Å². The molecule has 162 valence electrons. The smallest absolute Gasteiger partial charge is 0.339 e. The van der Waals surface area contributed by atoms with E-state index in [2.05, 4.69) is 27.4 Å². The van der Waals surface area contributed by atoms with Crippen molar-refractivity contribution in [2.24, 2.45) is 0 Å². The maximum atomic E-state index is 12.6. The van der Waals surface area contributed by atoms with Gasteiger partial charge in [-0.1, -0.05) is 24.1 Å². The Hall–Kier alpha value is -4.77. The van der Waals surface area contributed by atoms with Crippen LogP contribution in [0.1, 0.15) is 54.9 Å². The van der Waals surface area contributed by atoms with Crippen LogP contribution in [0.3, 0.4) is 0 Å². The Bertz CT molecular complexity index is 1490. The first-order chi connectivity index (χ1) is 15.8. The molecule has 2 aromatic heterocycles. The van der Waals surface area contributed by atoms with E-state index >= 15 is 0 Å². The number of pyridine rings is 1. The number of hydrogen-bond acceptors (Lipinski definition) is 5. The van der Waals surface area contributed by atoms with Crippen LogP contribution < -0.4 is 5.32 Å². The van der Waals surface area contributed by atoms with Gasteiger partial charge in [0.05, 0.1) is 0 Å². The zero-order valence-corrected chi connectivity index (χ0v) is 17.8. The van der Waals surface area contributed by atoms with Gasteiger partial charge in [-0.2, -0.15) is 0 Å². The van der Waals surface area contributed by atoms with Gasteiger partial charge in [0.25, 0.3) is 5.91 Å². The van der Waals surface area contributed by atoms with Crippen molar-refractivity contribution in [3.8, 4) is 11.8 Å². The number of fused-ring (bicyclic) bond motifs is 1.